The monoisotopic (exact) mass is 645 g/mol. The normalized spacial score (nSPS) is 12.7. The fourth-order valence-electron chi connectivity index (χ4n) is 4.11. The van der Waals surface area contributed by atoms with Gasteiger partial charge in [-0.05, 0) is 36.4 Å². The average molecular weight is 646 g/mol. The van der Waals surface area contributed by atoms with Gasteiger partial charge in [0.25, 0.3) is 10.1 Å². The van der Waals surface area contributed by atoms with Crippen molar-refractivity contribution in [2.75, 3.05) is 19.5 Å². The van der Waals surface area contributed by atoms with Gasteiger partial charge in [0.2, 0.25) is 5.88 Å². The highest BCUT2D eigenvalue weighted by Gasteiger charge is 2.17. The van der Waals surface area contributed by atoms with Crippen LogP contribution in [-0.4, -0.2) is 68.6 Å². The van der Waals surface area contributed by atoms with E-state index in [0.29, 0.717) is 30.7 Å². The summed E-state index contributed by atoms with van der Waals surface area (Å²) in [7, 11) is -6.02. The summed E-state index contributed by atoms with van der Waals surface area (Å²) < 4.78 is 49.7. The Morgan fingerprint density at radius 2 is 1.53 bits per heavy atom. The third kappa shape index (κ3) is 10.4. The van der Waals surface area contributed by atoms with Gasteiger partial charge in [-0.2, -0.15) is 18.6 Å². The summed E-state index contributed by atoms with van der Waals surface area (Å²) >= 11 is 0. The molecular formula is C29H43N5O6SSi2. The number of rotatable bonds is 16. The van der Waals surface area contributed by atoms with E-state index in [1.165, 1.54) is 0 Å². The van der Waals surface area contributed by atoms with Crippen molar-refractivity contribution in [3.05, 3.63) is 54.5 Å². The summed E-state index contributed by atoms with van der Waals surface area (Å²) in [5.74, 6) is 0.992. The lowest BCUT2D eigenvalue weighted by atomic mass is 10.2. The lowest BCUT2D eigenvalue weighted by Gasteiger charge is -2.16. The van der Waals surface area contributed by atoms with Crippen LogP contribution in [0.2, 0.25) is 51.4 Å². The Kier molecular flexibility index (Phi) is 10.6. The van der Waals surface area contributed by atoms with Crippen molar-refractivity contribution in [3.8, 4) is 22.9 Å². The van der Waals surface area contributed by atoms with Crippen LogP contribution in [0.5, 0.6) is 11.6 Å². The molecule has 0 amide bonds. The molecule has 0 bridgehead atoms. The fourth-order valence-corrected chi connectivity index (χ4v) is 5.95. The van der Waals surface area contributed by atoms with Gasteiger partial charge >= 0.3 is 0 Å². The van der Waals surface area contributed by atoms with Crippen molar-refractivity contribution in [3.63, 3.8) is 0 Å². The smallest absolute Gasteiger partial charge is 0.264 e. The van der Waals surface area contributed by atoms with Crippen molar-refractivity contribution in [1.82, 2.24) is 24.5 Å². The van der Waals surface area contributed by atoms with Crippen LogP contribution >= 0.6 is 0 Å². The van der Waals surface area contributed by atoms with Crippen LogP contribution in [0.15, 0.2) is 48.8 Å². The van der Waals surface area contributed by atoms with E-state index in [1.807, 2.05) is 35.0 Å². The van der Waals surface area contributed by atoms with Crippen LogP contribution in [0.25, 0.3) is 22.2 Å². The molecule has 0 atom stereocenters. The Morgan fingerprint density at radius 1 is 0.860 bits per heavy atom. The molecule has 0 spiro atoms. The van der Waals surface area contributed by atoms with Crippen molar-refractivity contribution < 1.29 is 26.8 Å². The molecule has 43 heavy (non-hydrogen) atoms. The molecule has 4 aromatic rings. The Balaban J connectivity index is 1.47. The summed E-state index contributed by atoms with van der Waals surface area (Å²) in [6.45, 7) is 15.7. The predicted octanol–water partition coefficient (Wildman–Crippen LogP) is 6.19. The molecule has 14 heteroatoms. The molecule has 4 rings (SSSR count). The zero-order chi connectivity index (χ0) is 31.3. The molecule has 0 unspecified atom stereocenters. The van der Waals surface area contributed by atoms with Gasteiger partial charge in [-0.25, -0.2) is 14.3 Å². The molecule has 11 nitrogen and oxygen atoms in total. The quantitative estimate of drug-likeness (QED) is 0.0798. The van der Waals surface area contributed by atoms with Gasteiger partial charge in [0.15, 0.2) is 0 Å². The number of fused-ring (bicyclic) bond motifs is 1. The predicted molar refractivity (Wildman–Crippen MR) is 173 cm³/mol. The second kappa shape index (κ2) is 13.8. The highest BCUT2D eigenvalue weighted by molar-refractivity contribution is 7.85. The highest BCUT2D eigenvalue weighted by Crippen LogP contribution is 2.29. The highest BCUT2D eigenvalue weighted by atomic mass is 32.2. The molecule has 0 saturated carbocycles. The molecule has 0 aliphatic heterocycles. The van der Waals surface area contributed by atoms with Crippen LogP contribution in [0.3, 0.4) is 0 Å². The minimum atomic E-state index is -3.62. The third-order valence-corrected chi connectivity index (χ3v) is 10.6. The minimum absolute atomic E-state index is 0.166. The Bertz CT molecular complexity index is 1610. The molecule has 234 valence electrons. The summed E-state index contributed by atoms with van der Waals surface area (Å²) in [4.78, 5) is 4.52. The van der Waals surface area contributed by atoms with Gasteiger partial charge in [0.05, 0.1) is 23.2 Å². The van der Waals surface area contributed by atoms with Gasteiger partial charge in [0, 0.05) is 64.8 Å². The van der Waals surface area contributed by atoms with Crippen molar-refractivity contribution >= 4 is 37.2 Å². The molecule has 0 radical (unpaired) electrons. The van der Waals surface area contributed by atoms with Crippen molar-refractivity contribution in [1.29, 1.82) is 0 Å². The van der Waals surface area contributed by atoms with E-state index in [2.05, 4.69) is 54.5 Å². The maximum Gasteiger partial charge on any atom is 0.264 e. The molecule has 0 fully saturated rings. The lowest BCUT2D eigenvalue weighted by Crippen LogP contribution is -2.22. The average Bonchev–Trinajstić information content (AvgIpc) is 3.51. The number of benzene rings is 1. The summed E-state index contributed by atoms with van der Waals surface area (Å²) in [5.41, 5.74) is 3.06. The second-order valence-corrected chi connectivity index (χ2v) is 25.9. The van der Waals surface area contributed by atoms with E-state index < -0.39 is 26.3 Å². The molecule has 0 saturated heterocycles. The van der Waals surface area contributed by atoms with Crippen LogP contribution in [0.1, 0.15) is 5.69 Å². The van der Waals surface area contributed by atoms with Gasteiger partial charge in [0.1, 0.15) is 25.8 Å². The maximum atomic E-state index is 11.6. The second-order valence-electron chi connectivity index (χ2n) is 13.0. The van der Waals surface area contributed by atoms with E-state index in [1.54, 1.807) is 23.1 Å². The zero-order valence-corrected chi connectivity index (χ0v) is 29.0. The zero-order valence-electron chi connectivity index (χ0n) is 26.2. The number of aromatic nitrogens is 5. The number of hydrogen-bond donors (Lipinski definition) is 0. The number of nitrogens with zero attached hydrogens (tertiary/aromatic N) is 5. The van der Waals surface area contributed by atoms with Gasteiger partial charge in [-0.15, -0.1) is 0 Å². The summed E-state index contributed by atoms with van der Waals surface area (Å²) in [6, 6.07) is 13.3. The minimum Gasteiger partial charge on any atom is -0.439 e. The first kappa shape index (κ1) is 33.0. The van der Waals surface area contributed by atoms with E-state index >= 15 is 0 Å². The third-order valence-electron chi connectivity index (χ3n) is 6.60. The van der Waals surface area contributed by atoms with E-state index in [-0.39, 0.29) is 13.3 Å². The van der Waals surface area contributed by atoms with Crippen LogP contribution in [0.4, 0.5) is 0 Å². The number of ether oxygens (including phenoxy) is 3. The molecule has 3 heterocycles. The van der Waals surface area contributed by atoms with Gasteiger partial charge in [-0.3, -0.25) is 4.18 Å². The SMILES string of the molecule is C[Si](C)(C)CCOCn1nccc1-c1ccc(Oc2ccc3c(COS(C)(=O)=O)nn(COCC[Si](C)(C)C)c3c2)nc1. The van der Waals surface area contributed by atoms with Gasteiger partial charge in [-0.1, -0.05) is 39.3 Å². The fraction of sp³-hybridized carbons (Fsp3) is 0.483. The molecule has 0 aliphatic carbocycles. The Morgan fingerprint density at radius 3 is 2.14 bits per heavy atom. The summed E-state index contributed by atoms with van der Waals surface area (Å²) in [5, 5.41) is 9.75. The van der Waals surface area contributed by atoms with Crippen LogP contribution in [-0.2, 0) is 43.8 Å². The lowest BCUT2D eigenvalue weighted by molar-refractivity contribution is 0.0798. The van der Waals surface area contributed by atoms with Crippen LogP contribution in [0, 0.1) is 0 Å². The van der Waals surface area contributed by atoms with Crippen LogP contribution < -0.4 is 4.74 Å². The van der Waals surface area contributed by atoms with Crippen molar-refractivity contribution in [2.45, 2.75) is 71.4 Å². The number of pyridine rings is 1. The maximum absolute atomic E-state index is 11.6. The first-order chi connectivity index (χ1) is 20.2. The largest absolute Gasteiger partial charge is 0.439 e. The first-order valence-corrected chi connectivity index (χ1v) is 23.6. The van der Waals surface area contributed by atoms with E-state index in [9.17, 15) is 8.42 Å². The molecular weight excluding hydrogens is 603 g/mol. The Hall–Kier alpha value is -2.89. The topological polar surface area (TPSA) is 120 Å². The van der Waals surface area contributed by atoms with Gasteiger partial charge < -0.3 is 14.2 Å². The van der Waals surface area contributed by atoms with E-state index in [4.69, 9.17) is 18.4 Å². The number of hydrogen-bond acceptors (Lipinski definition) is 9. The van der Waals surface area contributed by atoms with E-state index in [0.717, 1.165) is 47.1 Å². The first-order valence-electron chi connectivity index (χ1n) is 14.3. The molecule has 3 aromatic heterocycles. The Labute approximate surface area is 256 Å². The molecule has 0 aliphatic rings. The standard InChI is InChI=1S/C29H43N5O6SSi2/c1-41(35,36)39-20-26-25-10-9-24(18-28(25)34(32-26)22-38-15-17-43(5,6)7)40-29-11-8-23(19-30-29)27-12-13-31-33(27)21-37-14-16-42(2,3)4/h8-13,18-19H,14-17,20-22H2,1-7H3. The molecule has 0 N–H and O–H groups in total. The summed E-state index contributed by atoms with van der Waals surface area (Å²) in [6.07, 6.45) is 4.53. The van der Waals surface area contributed by atoms with Crippen molar-refractivity contribution in [2.24, 2.45) is 0 Å². The molecule has 1 aromatic carbocycles.